The summed E-state index contributed by atoms with van der Waals surface area (Å²) in [6.45, 7) is 8.60. The van der Waals surface area contributed by atoms with Crippen LogP contribution in [0.15, 0.2) is 36.4 Å². The lowest BCUT2D eigenvalue weighted by molar-refractivity contribution is -0.122. The van der Waals surface area contributed by atoms with E-state index in [0.29, 0.717) is 6.67 Å². The zero-order valence-corrected chi connectivity index (χ0v) is 14.4. The maximum Gasteiger partial charge on any atom is 0.228 e. The van der Waals surface area contributed by atoms with Crippen LogP contribution in [0.1, 0.15) is 32.3 Å². The quantitative estimate of drug-likeness (QED) is 0.797. The van der Waals surface area contributed by atoms with E-state index in [1.54, 1.807) is 7.11 Å². The van der Waals surface area contributed by atoms with Crippen LogP contribution in [0, 0.1) is 0 Å². The van der Waals surface area contributed by atoms with Crippen LogP contribution in [0.25, 0.3) is 10.8 Å². The van der Waals surface area contributed by atoms with Crippen molar-refractivity contribution in [2.24, 2.45) is 0 Å². The Morgan fingerprint density at radius 3 is 2.43 bits per heavy atom. The van der Waals surface area contributed by atoms with Crippen molar-refractivity contribution < 1.29 is 9.53 Å². The summed E-state index contributed by atoms with van der Waals surface area (Å²) in [5.41, 5.74) is 1.03. The first kappa shape index (κ1) is 17.3. The lowest BCUT2D eigenvalue weighted by atomic mass is 9.97. The first-order valence-corrected chi connectivity index (χ1v) is 8.16. The highest BCUT2D eigenvalue weighted by atomic mass is 16.5. The Morgan fingerprint density at radius 2 is 1.78 bits per heavy atom. The number of nitrogens with zero attached hydrogens (tertiary/aromatic N) is 1. The van der Waals surface area contributed by atoms with Gasteiger partial charge in [-0.3, -0.25) is 9.69 Å². The predicted octanol–water partition coefficient (Wildman–Crippen LogP) is 3.37. The van der Waals surface area contributed by atoms with E-state index in [4.69, 9.17) is 4.74 Å². The van der Waals surface area contributed by atoms with Gasteiger partial charge in [0.1, 0.15) is 5.75 Å². The summed E-state index contributed by atoms with van der Waals surface area (Å²) in [7, 11) is 1.66. The molecule has 1 unspecified atom stereocenters. The minimum absolute atomic E-state index is 0.0600. The largest absolute Gasteiger partial charge is 0.497 e. The molecule has 0 radical (unpaired) electrons. The van der Waals surface area contributed by atoms with Crippen molar-refractivity contribution in [2.45, 2.75) is 26.7 Å². The standard InChI is InChI=1S/C19H26N2O2/c1-5-21(6-2)13-20-19(22)14(3)15-7-8-17-12-18(23-4)10-9-16(17)11-15/h7-12,14H,5-6,13H2,1-4H3,(H,20,22). The fourth-order valence-electron chi connectivity index (χ4n) is 2.58. The van der Waals surface area contributed by atoms with Crippen molar-refractivity contribution in [3.63, 3.8) is 0 Å². The Hall–Kier alpha value is -2.07. The van der Waals surface area contributed by atoms with E-state index in [9.17, 15) is 4.79 Å². The second-order valence-electron chi connectivity index (χ2n) is 5.70. The Morgan fingerprint density at radius 1 is 1.13 bits per heavy atom. The maximum atomic E-state index is 12.4. The molecule has 1 amide bonds. The van der Waals surface area contributed by atoms with Gasteiger partial charge in [0.25, 0.3) is 0 Å². The average molecular weight is 314 g/mol. The smallest absolute Gasteiger partial charge is 0.228 e. The fraction of sp³-hybridized carbons (Fsp3) is 0.421. The lowest BCUT2D eigenvalue weighted by Crippen LogP contribution is -2.39. The van der Waals surface area contributed by atoms with Crippen LogP contribution in [-0.4, -0.2) is 37.7 Å². The third-order valence-electron chi connectivity index (χ3n) is 4.34. The Bertz CT molecular complexity index is 665. The minimum atomic E-state index is -0.169. The molecule has 0 spiro atoms. The van der Waals surface area contributed by atoms with Gasteiger partial charge >= 0.3 is 0 Å². The van der Waals surface area contributed by atoms with Gasteiger partial charge in [0, 0.05) is 0 Å². The van der Waals surface area contributed by atoms with Crippen LogP contribution >= 0.6 is 0 Å². The summed E-state index contributed by atoms with van der Waals surface area (Å²) < 4.78 is 5.25. The number of methoxy groups -OCH3 is 1. The van der Waals surface area contributed by atoms with E-state index in [1.807, 2.05) is 37.3 Å². The molecule has 23 heavy (non-hydrogen) atoms. The van der Waals surface area contributed by atoms with Crippen LogP contribution in [0.4, 0.5) is 0 Å². The number of nitrogens with one attached hydrogen (secondary N) is 1. The molecule has 0 fully saturated rings. The zero-order valence-electron chi connectivity index (χ0n) is 14.4. The van der Waals surface area contributed by atoms with Crippen molar-refractivity contribution in [3.8, 4) is 5.75 Å². The number of hydrogen-bond donors (Lipinski definition) is 1. The van der Waals surface area contributed by atoms with Crippen LogP contribution in [0.5, 0.6) is 5.75 Å². The molecule has 2 aromatic carbocycles. The first-order valence-electron chi connectivity index (χ1n) is 8.16. The van der Waals surface area contributed by atoms with Gasteiger partial charge in [0.05, 0.1) is 19.7 Å². The Kier molecular flexibility index (Phi) is 5.99. The highest BCUT2D eigenvalue weighted by Crippen LogP contribution is 2.25. The number of hydrogen-bond acceptors (Lipinski definition) is 3. The predicted molar refractivity (Wildman–Crippen MR) is 94.8 cm³/mol. The second-order valence-corrected chi connectivity index (χ2v) is 5.70. The Balaban J connectivity index is 2.10. The summed E-state index contributed by atoms with van der Waals surface area (Å²) in [6, 6.07) is 12.1. The number of rotatable bonds is 7. The Labute approximate surface area is 138 Å². The number of benzene rings is 2. The number of carbonyl (C=O) groups is 1. The van der Waals surface area contributed by atoms with Gasteiger partial charge in [0.15, 0.2) is 0 Å². The molecule has 0 bridgehead atoms. The van der Waals surface area contributed by atoms with Crippen molar-refractivity contribution in [3.05, 3.63) is 42.0 Å². The van der Waals surface area contributed by atoms with Gasteiger partial charge in [-0.2, -0.15) is 0 Å². The molecular formula is C19H26N2O2. The van der Waals surface area contributed by atoms with E-state index >= 15 is 0 Å². The lowest BCUT2D eigenvalue weighted by Gasteiger charge is -2.20. The minimum Gasteiger partial charge on any atom is -0.497 e. The molecule has 0 heterocycles. The second kappa shape index (κ2) is 7.97. The molecule has 0 aliphatic heterocycles. The molecule has 0 aliphatic carbocycles. The van der Waals surface area contributed by atoms with Crippen molar-refractivity contribution >= 4 is 16.7 Å². The molecule has 0 aliphatic rings. The number of fused-ring (bicyclic) bond motifs is 1. The van der Waals surface area contributed by atoms with Gasteiger partial charge in [-0.05, 0) is 48.5 Å². The van der Waals surface area contributed by atoms with Gasteiger partial charge in [-0.1, -0.05) is 38.1 Å². The molecule has 1 atom stereocenters. The normalized spacial score (nSPS) is 12.4. The van der Waals surface area contributed by atoms with Crippen LogP contribution in [0.2, 0.25) is 0 Å². The molecule has 1 N–H and O–H groups in total. The van der Waals surface area contributed by atoms with E-state index in [-0.39, 0.29) is 11.8 Å². The third kappa shape index (κ3) is 4.23. The molecule has 124 valence electrons. The molecule has 0 saturated heterocycles. The summed E-state index contributed by atoms with van der Waals surface area (Å²) >= 11 is 0. The summed E-state index contributed by atoms with van der Waals surface area (Å²) in [5.74, 6) is 0.733. The van der Waals surface area contributed by atoms with Gasteiger partial charge < -0.3 is 10.1 Å². The average Bonchev–Trinajstić information content (AvgIpc) is 2.60. The molecule has 0 aromatic heterocycles. The molecule has 0 saturated carbocycles. The molecule has 4 heteroatoms. The van der Waals surface area contributed by atoms with E-state index in [1.165, 1.54) is 0 Å². The van der Waals surface area contributed by atoms with Gasteiger partial charge in [-0.25, -0.2) is 0 Å². The number of carbonyl (C=O) groups excluding carboxylic acids is 1. The van der Waals surface area contributed by atoms with E-state index in [2.05, 4.69) is 30.1 Å². The van der Waals surface area contributed by atoms with Crippen LogP contribution < -0.4 is 10.1 Å². The fourth-order valence-corrected chi connectivity index (χ4v) is 2.58. The summed E-state index contributed by atoms with van der Waals surface area (Å²) in [5, 5.41) is 5.25. The number of ether oxygens (including phenoxy) is 1. The van der Waals surface area contributed by atoms with Crippen molar-refractivity contribution in [1.29, 1.82) is 0 Å². The monoisotopic (exact) mass is 314 g/mol. The highest BCUT2D eigenvalue weighted by molar-refractivity contribution is 5.88. The van der Waals surface area contributed by atoms with Gasteiger partial charge in [-0.15, -0.1) is 0 Å². The SMILES string of the molecule is CCN(CC)CNC(=O)C(C)c1ccc2cc(OC)ccc2c1. The van der Waals surface area contributed by atoms with Crippen LogP contribution in [-0.2, 0) is 4.79 Å². The van der Waals surface area contributed by atoms with Crippen molar-refractivity contribution in [2.75, 3.05) is 26.9 Å². The first-order chi connectivity index (χ1) is 11.1. The topological polar surface area (TPSA) is 41.6 Å². The van der Waals surface area contributed by atoms with Gasteiger partial charge in [0.2, 0.25) is 5.91 Å². The zero-order chi connectivity index (χ0) is 16.8. The molecular weight excluding hydrogens is 288 g/mol. The molecule has 2 aromatic rings. The van der Waals surface area contributed by atoms with Crippen molar-refractivity contribution in [1.82, 2.24) is 10.2 Å². The number of amides is 1. The van der Waals surface area contributed by atoms with Crippen LogP contribution in [0.3, 0.4) is 0 Å². The van der Waals surface area contributed by atoms with E-state index in [0.717, 1.165) is 35.2 Å². The maximum absolute atomic E-state index is 12.4. The third-order valence-corrected chi connectivity index (χ3v) is 4.34. The molecule has 2 rings (SSSR count). The molecule has 4 nitrogen and oxygen atoms in total. The summed E-state index contributed by atoms with van der Waals surface area (Å²) in [6.07, 6.45) is 0. The highest BCUT2D eigenvalue weighted by Gasteiger charge is 2.16. The summed E-state index contributed by atoms with van der Waals surface area (Å²) in [4.78, 5) is 14.5. The van der Waals surface area contributed by atoms with E-state index < -0.39 is 0 Å².